The van der Waals surface area contributed by atoms with E-state index < -0.39 is 0 Å². The lowest BCUT2D eigenvalue weighted by atomic mass is 9.83. The summed E-state index contributed by atoms with van der Waals surface area (Å²) in [6.45, 7) is 2.29. The monoisotopic (exact) mass is 138 g/mol. The van der Waals surface area contributed by atoms with Crippen LogP contribution >= 0.6 is 0 Å². The highest BCUT2D eigenvalue weighted by Crippen LogP contribution is 2.50. The molecule has 1 heteroatoms. The Labute approximate surface area is 61.8 Å². The fourth-order valence-electron chi connectivity index (χ4n) is 2.92. The van der Waals surface area contributed by atoms with Gasteiger partial charge in [0.05, 0.1) is 0 Å². The highest BCUT2D eigenvalue weighted by Gasteiger charge is 2.43. The fraction of sp³-hybridized carbons (Fsp3) is 0.889. The van der Waals surface area contributed by atoms with E-state index in [1.807, 2.05) is 0 Å². The molecule has 4 atom stereocenters. The summed E-state index contributed by atoms with van der Waals surface area (Å²) in [5.41, 5.74) is 0. The van der Waals surface area contributed by atoms with Crippen LogP contribution in [0, 0.1) is 23.7 Å². The van der Waals surface area contributed by atoms with E-state index in [1.54, 1.807) is 0 Å². The van der Waals surface area contributed by atoms with E-state index in [0.717, 1.165) is 17.8 Å². The molecular weight excluding hydrogens is 124 g/mol. The minimum Gasteiger partial charge on any atom is -0.303 e. The summed E-state index contributed by atoms with van der Waals surface area (Å²) in [6.07, 6.45) is 5.10. The Morgan fingerprint density at radius 1 is 1.30 bits per heavy atom. The van der Waals surface area contributed by atoms with E-state index >= 15 is 0 Å². The first kappa shape index (κ1) is 6.38. The van der Waals surface area contributed by atoms with Crippen molar-refractivity contribution in [2.24, 2.45) is 23.7 Å². The third kappa shape index (κ3) is 0.727. The van der Waals surface area contributed by atoms with Crippen LogP contribution in [0.5, 0.6) is 0 Å². The quantitative estimate of drug-likeness (QED) is 0.505. The van der Waals surface area contributed by atoms with Crippen molar-refractivity contribution in [2.45, 2.75) is 26.2 Å². The standard InChI is InChI=1S/C9H14O/c1-6-2-7-3-8(5-10)9(6)4-7/h5-9H,2-4H2,1H3/t6-,7?,8?,9?/m0/s1. The summed E-state index contributed by atoms with van der Waals surface area (Å²) in [6, 6.07) is 0. The molecule has 2 aliphatic carbocycles. The third-order valence-electron chi connectivity index (χ3n) is 3.37. The first-order valence-electron chi connectivity index (χ1n) is 4.26. The predicted octanol–water partition coefficient (Wildman–Crippen LogP) is 1.87. The van der Waals surface area contributed by atoms with Crippen molar-refractivity contribution in [3.63, 3.8) is 0 Å². The lowest BCUT2D eigenvalue weighted by Crippen LogP contribution is -2.18. The van der Waals surface area contributed by atoms with E-state index in [0.29, 0.717) is 5.92 Å². The third-order valence-corrected chi connectivity index (χ3v) is 3.37. The summed E-state index contributed by atoms with van der Waals surface area (Å²) < 4.78 is 0. The normalized spacial score (nSPS) is 51.7. The van der Waals surface area contributed by atoms with Crippen molar-refractivity contribution in [1.29, 1.82) is 0 Å². The molecule has 56 valence electrons. The van der Waals surface area contributed by atoms with Crippen LogP contribution in [-0.2, 0) is 4.79 Å². The number of carbonyl (C=O) groups excluding carboxylic acids is 1. The van der Waals surface area contributed by atoms with Crippen molar-refractivity contribution < 1.29 is 4.79 Å². The van der Waals surface area contributed by atoms with Gasteiger partial charge >= 0.3 is 0 Å². The molecule has 2 rings (SSSR count). The van der Waals surface area contributed by atoms with Gasteiger partial charge in [-0.25, -0.2) is 0 Å². The van der Waals surface area contributed by atoms with Crippen LogP contribution in [0.25, 0.3) is 0 Å². The van der Waals surface area contributed by atoms with Gasteiger partial charge in [0.1, 0.15) is 6.29 Å². The molecule has 0 aromatic carbocycles. The summed E-state index contributed by atoms with van der Waals surface area (Å²) in [7, 11) is 0. The minimum absolute atomic E-state index is 0.425. The molecule has 2 bridgehead atoms. The molecule has 0 aliphatic heterocycles. The average Bonchev–Trinajstić information content (AvgIpc) is 2.44. The Morgan fingerprint density at radius 3 is 2.50 bits per heavy atom. The second kappa shape index (κ2) is 2.08. The van der Waals surface area contributed by atoms with Gasteiger partial charge in [0.25, 0.3) is 0 Å². The van der Waals surface area contributed by atoms with E-state index in [-0.39, 0.29) is 0 Å². The zero-order valence-corrected chi connectivity index (χ0v) is 6.42. The summed E-state index contributed by atoms with van der Waals surface area (Å²) in [4.78, 5) is 10.5. The van der Waals surface area contributed by atoms with Gasteiger partial charge in [-0.05, 0) is 37.0 Å². The molecule has 0 radical (unpaired) electrons. The number of hydrogen-bond donors (Lipinski definition) is 0. The van der Waals surface area contributed by atoms with Crippen molar-refractivity contribution in [1.82, 2.24) is 0 Å². The molecule has 10 heavy (non-hydrogen) atoms. The Hall–Kier alpha value is -0.330. The smallest absolute Gasteiger partial charge is 0.123 e. The molecule has 0 amide bonds. The highest BCUT2D eigenvalue weighted by atomic mass is 16.1. The van der Waals surface area contributed by atoms with Gasteiger partial charge < -0.3 is 4.79 Å². The van der Waals surface area contributed by atoms with Gasteiger partial charge in [-0.15, -0.1) is 0 Å². The number of rotatable bonds is 1. The van der Waals surface area contributed by atoms with Gasteiger partial charge in [0, 0.05) is 5.92 Å². The molecule has 0 aromatic rings. The van der Waals surface area contributed by atoms with Gasteiger partial charge in [-0.3, -0.25) is 0 Å². The van der Waals surface area contributed by atoms with Crippen LogP contribution < -0.4 is 0 Å². The summed E-state index contributed by atoms with van der Waals surface area (Å²) in [5, 5.41) is 0. The minimum atomic E-state index is 0.425. The molecule has 2 saturated carbocycles. The molecule has 0 N–H and O–H groups in total. The maximum absolute atomic E-state index is 10.5. The van der Waals surface area contributed by atoms with Crippen molar-refractivity contribution in [3.05, 3.63) is 0 Å². The first-order chi connectivity index (χ1) is 4.81. The highest BCUT2D eigenvalue weighted by molar-refractivity contribution is 5.55. The lowest BCUT2D eigenvalue weighted by molar-refractivity contribution is -0.112. The molecule has 0 saturated heterocycles. The van der Waals surface area contributed by atoms with Crippen molar-refractivity contribution in [2.75, 3.05) is 0 Å². The first-order valence-corrected chi connectivity index (χ1v) is 4.26. The maximum atomic E-state index is 10.5. The molecule has 1 nitrogen and oxygen atoms in total. The lowest BCUT2D eigenvalue weighted by Gasteiger charge is -2.21. The van der Waals surface area contributed by atoms with E-state index in [2.05, 4.69) is 6.92 Å². The van der Waals surface area contributed by atoms with Gasteiger partial charge in [-0.1, -0.05) is 6.92 Å². The van der Waals surface area contributed by atoms with Crippen molar-refractivity contribution in [3.8, 4) is 0 Å². The molecular formula is C9H14O. The molecule has 0 heterocycles. The van der Waals surface area contributed by atoms with Crippen LogP contribution in [0.4, 0.5) is 0 Å². The van der Waals surface area contributed by atoms with Gasteiger partial charge in [0.2, 0.25) is 0 Å². The zero-order valence-electron chi connectivity index (χ0n) is 6.42. The number of carbonyl (C=O) groups is 1. The SMILES string of the molecule is C[C@H]1CC2CC(C=O)C1C2. The molecule has 3 unspecified atom stereocenters. The second-order valence-corrected chi connectivity index (χ2v) is 4.01. The predicted molar refractivity (Wildman–Crippen MR) is 39.5 cm³/mol. The largest absolute Gasteiger partial charge is 0.303 e. The number of fused-ring (bicyclic) bond motifs is 2. The maximum Gasteiger partial charge on any atom is 0.123 e. The Bertz CT molecular complexity index is 153. The summed E-state index contributed by atoms with van der Waals surface area (Å²) >= 11 is 0. The van der Waals surface area contributed by atoms with Gasteiger partial charge in [-0.2, -0.15) is 0 Å². The average molecular weight is 138 g/mol. The second-order valence-electron chi connectivity index (χ2n) is 4.01. The number of hydrogen-bond acceptors (Lipinski definition) is 1. The molecule has 0 spiro atoms. The fourth-order valence-corrected chi connectivity index (χ4v) is 2.92. The zero-order chi connectivity index (χ0) is 7.14. The van der Waals surface area contributed by atoms with Gasteiger partial charge in [0.15, 0.2) is 0 Å². The van der Waals surface area contributed by atoms with E-state index in [4.69, 9.17) is 0 Å². The van der Waals surface area contributed by atoms with E-state index in [1.165, 1.54) is 25.5 Å². The van der Waals surface area contributed by atoms with Crippen LogP contribution in [0.1, 0.15) is 26.2 Å². The topological polar surface area (TPSA) is 17.1 Å². The van der Waals surface area contributed by atoms with Crippen LogP contribution in [0.15, 0.2) is 0 Å². The Morgan fingerprint density at radius 2 is 2.10 bits per heavy atom. The summed E-state index contributed by atoms with van der Waals surface area (Å²) in [5.74, 6) is 2.90. The molecule has 0 aromatic heterocycles. The van der Waals surface area contributed by atoms with E-state index in [9.17, 15) is 4.79 Å². The van der Waals surface area contributed by atoms with Crippen molar-refractivity contribution >= 4 is 6.29 Å². The van der Waals surface area contributed by atoms with Crippen LogP contribution in [-0.4, -0.2) is 6.29 Å². The Balaban J connectivity index is 2.12. The van der Waals surface area contributed by atoms with Crippen LogP contribution in [0.2, 0.25) is 0 Å². The molecule has 2 aliphatic rings. The number of aldehydes is 1. The van der Waals surface area contributed by atoms with Crippen LogP contribution in [0.3, 0.4) is 0 Å². The Kier molecular flexibility index (Phi) is 1.33. The molecule has 2 fully saturated rings.